The Morgan fingerprint density at radius 2 is 1.84 bits per heavy atom. The molecule has 2 aromatic rings. The fraction of sp³-hybridized carbons (Fsp3) is 0.143. The van der Waals surface area contributed by atoms with Crippen molar-refractivity contribution in [2.45, 2.75) is 18.9 Å². The van der Waals surface area contributed by atoms with Crippen molar-refractivity contribution in [2.24, 2.45) is 0 Å². The Balaban J connectivity index is 1.67. The van der Waals surface area contributed by atoms with Crippen molar-refractivity contribution in [1.82, 2.24) is 0 Å². The highest BCUT2D eigenvalue weighted by Crippen LogP contribution is 2.39. The van der Waals surface area contributed by atoms with Crippen LogP contribution < -0.4 is 4.74 Å². The average Bonchev–Trinajstić information content (AvgIpc) is 2.62. The molecule has 0 saturated carbocycles. The van der Waals surface area contributed by atoms with Gasteiger partial charge in [-0.25, -0.2) is 0 Å². The molecule has 0 bridgehead atoms. The second-order valence-corrected chi connectivity index (χ2v) is 6.08. The van der Waals surface area contributed by atoms with E-state index in [0.717, 1.165) is 16.7 Å². The number of ketones is 1. The molecule has 1 aliphatic carbocycles. The molecule has 4 rings (SSSR count). The predicted molar refractivity (Wildman–Crippen MR) is 93.8 cm³/mol. The molecule has 0 aromatic heterocycles. The number of fused-ring (bicyclic) bond motifs is 3. The van der Waals surface area contributed by atoms with E-state index < -0.39 is 0 Å². The largest absolute Gasteiger partial charge is 0.492 e. The monoisotopic (exact) mass is 332 g/mol. The van der Waals surface area contributed by atoms with E-state index in [9.17, 15) is 9.59 Å². The first-order chi connectivity index (χ1) is 12.1. The van der Waals surface area contributed by atoms with Crippen LogP contribution >= 0.6 is 0 Å². The number of carbonyl (C=O) groups is 2. The Morgan fingerprint density at radius 3 is 2.60 bits per heavy atom. The van der Waals surface area contributed by atoms with E-state index in [1.54, 1.807) is 24.3 Å². The summed E-state index contributed by atoms with van der Waals surface area (Å²) in [6.07, 6.45) is 5.19. The number of allylic oxidation sites excluding steroid dienone is 1. The SMILES string of the molecule is CC(=O)Oc1ccc(C2=COC3C=Cc4ccccc4C3C2=O)cc1. The Hall–Kier alpha value is -3.14. The van der Waals surface area contributed by atoms with Crippen LogP contribution in [0.4, 0.5) is 0 Å². The average molecular weight is 332 g/mol. The first kappa shape index (κ1) is 15.4. The molecular weight excluding hydrogens is 316 g/mol. The second-order valence-electron chi connectivity index (χ2n) is 6.08. The number of benzene rings is 2. The molecule has 1 aliphatic heterocycles. The normalized spacial score (nSPS) is 20.8. The minimum absolute atomic E-state index is 0.0355. The van der Waals surface area contributed by atoms with Crippen molar-refractivity contribution in [3.63, 3.8) is 0 Å². The van der Waals surface area contributed by atoms with E-state index in [1.165, 1.54) is 13.2 Å². The van der Waals surface area contributed by atoms with Gasteiger partial charge < -0.3 is 9.47 Å². The molecule has 0 amide bonds. The quantitative estimate of drug-likeness (QED) is 0.621. The van der Waals surface area contributed by atoms with Gasteiger partial charge in [0.05, 0.1) is 17.8 Å². The summed E-state index contributed by atoms with van der Waals surface area (Å²) in [7, 11) is 0. The standard InChI is InChI=1S/C21H16O4/c1-13(22)25-16-9-6-15(7-10-16)18-12-24-19-11-8-14-4-2-3-5-17(14)20(19)21(18)23/h2-12,19-20H,1H3. The summed E-state index contributed by atoms with van der Waals surface area (Å²) in [5.41, 5.74) is 3.31. The van der Waals surface area contributed by atoms with Crippen LogP contribution in [0.5, 0.6) is 5.75 Å². The van der Waals surface area contributed by atoms with E-state index >= 15 is 0 Å². The molecule has 2 aromatic carbocycles. The van der Waals surface area contributed by atoms with Crippen LogP contribution in [0, 0.1) is 0 Å². The van der Waals surface area contributed by atoms with Crippen LogP contribution in [0.2, 0.25) is 0 Å². The van der Waals surface area contributed by atoms with Crippen molar-refractivity contribution in [3.05, 3.63) is 77.6 Å². The molecule has 0 N–H and O–H groups in total. The van der Waals surface area contributed by atoms with Gasteiger partial charge in [-0.3, -0.25) is 9.59 Å². The van der Waals surface area contributed by atoms with E-state index in [1.807, 2.05) is 36.4 Å². The van der Waals surface area contributed by atoms with Gasteiger partial charge in [0.25, 0.3) is 0 Å². The summed E-state index contributed by atoms with van der Waals surface area (Å²) in [5.74, 6) is -0.232. The molecule has 0 radical (unpaired) electrons. The highest BCUT2D eigenvalue weighted by molar-refractivity contribution is 6.24. The topological polar surface area (TPSA) is 52.6 Å². The number of carbonyl (C=O) groups excluding carboxylic acids is 2. The molecule has 1 heterocycles. The van der Waals surface area contributed by atoms with Gasteiger partial charge in [0.2, 0.25) is 0 Å². The molecule has 2 unspecified atom stereocenters. The minimum atomic E-state index is -0.377. The van der Waals surface area contributed by atoms with E-state index in [-0.39, 0.29) is 23.8 Å². The van der Waals surface area contributed by atoms with Crippen LogP contribution in [-0.4, -0.2) is 17.9 Å². The van der Waals surface area contributed by atoms with E-state index in [0.29, 0.717) is 11.3 Å². The molecule has 25 heavy (non-hydrogen) atoms. The van der Waals surface area contributed by atoms with Gasteiger partial charge in [0, 0.05) is 6.92 Å². The zero-order chi connectivity index (χ0) is 17.4. The molecule has 4 heteroatoms. The van der Waals surface area contributed by atoms with E-state index in [4.69, 9.17) is 9.47 Å². The van der Waals surface area contributed by atoms with Crippen LogP contribution in [0.1, 0.15) is 29.5 Å². The Bertz CT molecular complexity index is 906. The molecule has 0 spiro atoms. The van der Waals surface area contributed by atoms with E-state index in [2.05, 4.69) is 0 Å². The summed E-state index contributed by atoms with van der Waals surface area (Å²) in [6.45, 7) is 1.35. The van der Waals surface area contributed by atoms with Crippen molar-refractivity contribution in [3.8, 4) is 5.75 Å². The van der Waals surface area contributed by atoms with Gasteiger partial charge in [0.15, 0.2) is 5.78 Å². The lowest BCUT2D eigenvalue weighted by Gasteiger charge is -2.32. The minimum Gasteiger partial charge on any atom is -0.492 e. The molecule has 4 nitrogen and oxygen atoms in total. The maximum Gasteiger partial charge on any atom is 0.308 e. The zero-order valence-electron chi connectivity index (χ0n) is 13.6. The third-order valence-corrected chi connectivity index (χ3v) is 4.44. The van der Waals surface area contributed by atoms with Gasteiger partial charge in [-0.15, -0.1) is 0 Å². The number of hydrogen-bond donors (Lipinski definition) is 0. The molecule has 0 saturated heterocycles. The molecule has 124 valence electrons. The van der Waals surface area contributed by atoms with Crippen LogP contribution in [0.25, 0.3) is 11.6 Å². The lowest BCUT2D eigenvalue weighted by atomic mass is 9.78. The Kier molecular flexibility index (Phi) is 3.73. The summed E-state index contributed by atoms with van der Waals surface area (Å²) < 4.78 is 10.8. The fourth-order valence-electron chi connectivity index (χ4n) is 3.30. The van der Waals surface area contributed by atoms with Gasteiger partial charge >= 0.3 is 5.97 Å². The van der Waals surface area contributed by atoms with Crippen molar-refractivity contribution < 1.29 is 19.1 Å². The van der Waals surface area contributed by atoms with Crippen LogP contribution in [-0.2, 0) is 14.3 Å². The fourth-order valence-corrected chi connectivity index (χ4v) is 3.30. The molecular formula is C21H16O4. The second kappa shape index (κ2) is 6.06. The summed E-state index contributed by atoms with van der Waals surface area (Å²) in [5, 5.41) is 0. The smallest absolute Gasteiger partial charge is 0.308 e. The summed E-state index contributed by atoms with van der Waals surface area (Å²) >= 11 is 0. The molecule has 2 atom stereocenters. The lowest BCUT2D eigenvalue weighted by Crippen LogP contribution is -2.32. The van der Waals surface area contributed by atoms with Gasteiger partial charge in [-0.2, -0.15) is 0 Å². The highest BCUT2D eigenvalue weighted by Gasteiger charge is 2.38. The van der Waals surface area contributed by atoms with Crippen molar-refractivity contribution in [2.75, 3.05) is 0 Å². The third-order valence-electron chi connectivity index (χ3n) is 4.44. The molecule has 2 aliphatic rings. The number of rotatable bonds is 2. The van der Waals surface area contributed by atoms with Gasteiger partial charge in [-0.05, 0) is 34.9 Å². The van der Waals surface area contributed by atoms with Crippen molar-refractivity contribution in [1.29, 1.82) is 0 Å². The van der Waals surface area contributed by atoms with Crippen LogP contribution in [0.3, 0.4) is 0 Å². The Morgan fingerprint density at radius 1 is 1.08 bits per heavy atom. The Labute approximate surface area is 145 Å². The maximum atomic E-state index is 13.1. The maximum absolute atomic E-state index is 13.1. The number of Topliss-reactive ketones (excluding diaryl/α,β-unsaturated/α-hetero) is 1. The first-order valence-corrected chi connectivity index (χ1v) is 8.09. The highest BCUT2D eigenvalue weighted by atomic mass is 16.5. The summed E-state index contributed by atoms with van der Waals surface area (Å²) in [6, 6.07) is 14.7. The molecule has 0 fully saturated rings. The summed E-state index contributed by atoms with van der Waals surface area (Å²) in [4.78, 5) is 24.1. The third kappa shape index (κ3) is 2.76. The van der Waals surface area contributed by atoms with Gasteiger partial charge in [-0.1, -0.05) is 42.5 Å². The van der Waals surface area contributed by atoms with Crippen LogP contribution in [0.15, 0.2) is 60.9 Å². The number of esters is 1. The number of ether oxygens (including phenoxy) is 2. The van der Waals surface area contributed by atoms with Crippen molar-refractivity contribution >= 4 is 23.4 Å². The number of hydrogen-bond acceptors (Lipinski definition) is 4. The zero-order valence-corrected chi connectivity index (χ0v) is 13.6. The lowest BCUT2D eigenvalue weighted by molar-refractivity contribution is -0.131. The first-order valence-electron chi connectivity index (χ1n) is 8.09. The predicted octanol–water partition coefficient (Wildman–Crippen LogP) is 3.73. The van der Waals surface area contributed by atoms with Gasteiger partial charge in [0.1, 0.15) is 11.9 Å².